The van der Waals surface area contributed by atoms with Gasteiger partial charge in [-0.05, 0) is 60.6 Å². The molecule has 0 aliphatic heterocycles. The number of esters is 1. The molecule has 0 unspecified atom stereocenters. The Labute approximate surface area is 173 Å². The minimum absolute atomic E-state index is 0.0540. The summed E-state index contributed by atoms with van der Waals surface area (Å²) in [5.41, 5.74) is 3.90. The molecule has 1 N–H and O–H groups in total. The smallest absolute Gasteiger partial charge is 0.305 e. The number of aromatic nitrogens is 1. The molecule has 3 aromatic rings. The van der Waals surface area contributed by atoms with Gasteiger partial charge in [-0.15, -0.1) is 0 Å². The van der Waals surface area contributed by atoms with Crippen molar-refractivity contribution in [2.45, 2.75) is 38.5 Å². The zero-order valence-corrected chi connectivity index (χ0v) is 17.3. The Morgan fingerprint density at radius 2 is 2.00 bits per heavy atom. The molecular formula is C23H25NO4S. The van der Waals surface area contributed by atoms with Crippen LogP contribution in [0.1, 0.15) is 37.7 Å². The first-order valence-corrected chi connectivity index (χ1v) is 10.9. The van der Waals surface area contributed by atoms with Gasteiger partial charge in [0.1, 0.15) is 5.75 Å². The Kier molecular flexibility index (Phi) is 6.00. The molecule has 1 heterocycles. The van der Waals surface area contributed by atoms with Crippen LogP contribution in [0.25, 0.3) is 21.3 Å². The molecule has 0 bridgehead atoms. The fraction of sp³-hybridized carbons (Fsp3) is 0.391. The summed E-state index contributed by atoms with van der Waals surface area (Å²) in [7, 11) is 1.41. The molecule has 0 radical (unpaired) electrons. The third-order valence-corrected chi connectivity index (χ3v) is 6.42. The average Bonchev–Trinajstić information content (AvgIpc) is 3.38. The van der Waals surface area contributed by atoms with E-state index in [-0.39, 0.29) is 10.8 Å². The monoisotopic (exact) mass is 411 g/mol. The maximum Gasteiger partial charge on any atom is 0.305 e. The minimum atomic E-state index is -0.216. The summed E-state index contributed by atoms with van der Waals surface area (Å²) in [6.07, 6.45) is 6.00. The third kappa shape index (κ3) is 4.70. The van der Waals surface area contributed by atoms with Crippen molar-refractivity contribution < 1.29 is 14.3 Å². The van der Waals surface area contributed by atoms with Crippen molar-refractivity contribution in [3.05, 3.63) is 51.6 Å². The van der Waals surface area contributed by atoms with Crippen molar-refractivity contribution in [2.24, 2.45) is 5.92 Å². The molecule has 0 saturated heterocycles. The maximum absolute atomic E-state index is 11.7. The van der Waals surface area contributed by atoms with E-state index < -0.39 is 0 Å². The molecule has 4 rings (SSSR count). The number of carbonyl (C=O) groups is 1. The highest BCUT2D eigenvalue weighted by molar-refractivity contribution is 7.16. The zero-order valence-electron chi connectivity index (χ0n) is 16.5. The zero-order chi connectivity index (χ0) is 20.2. The fourth-order valence-electron chi connectivity index (χ4n) is 3.93. The first-order valence-electron chi connectivity index (χ1n) is 10.1. The predicted octanol–water partition coefficient (Wildman–Crippen LogP) is 4.93. The van der Waals surface area contributed by atoms with Crippen LogP contribution in [0.2, 0.25) is 0 Å². The van der Waals surface area contributed by atoms with Gasteiger partial charge in [-0.2, -0.15) is 0 Å². The van der Waals surface area contributed by atoms with Gasteiger partial charge in [-0.3, -0.25) is 9.59 Å². The molecule has 1 aromatic heterocycles. The molecule has 0 amide bonds. The average molecular weight is 412 g/mol. The topological polar surface area (TPSA) is 68.4 Å². The summed E-state index contributed by atoms with van der Waals surface area (Å²) in [5.74, 6) is 1.26. The van der Waals surface area contributed by atoms with E-state index >= 15 is 0 Å². The van der Waals surface area contributed by atoms with Crippen molar-refractivity contribution in [1.29, 1.82) is 0 Å². The highest BCUT2D eigenvalue weighted by atomic mass is 32.1. The van der Waals surface area contributed by atoms with E-state index in [0.29, 0.717) is 18.8 Å². The van der Waals surface area contributed by atoms with Gasteiger partial charge in [-0.1, -0.05) is 36.3 Å². The fourth-order valence-corrected chi connectivity index (χ4v) is 4.71. The van der Waals surface area contributed by atoms with Crippen LogP contribution in [0.4, 0.5) is 0 Å². The van der Waals surface area contributed by atoms with Crippen LogP contribution in [-0.2, 0) is 16.0 Å². The Balaban J connectivity index is 1.65. The first kappa shape index (κ1) is 19.7. The lowest BCUT2D eigenvalue weighted by atomic mass is 9.99. The molecule has 1 aliphatic rings. The molecule has 1 aliphatic carbocycles. The number of aryl methyl sites for hydroxylation is 1. The van der Waals surface area contributed by atoms with Crippen molar-refractivity contribution in [2.75, 3.05) is 13.7 Å². The lowest BCUT2D eigenvalue weighted by molar-refractivity contribution is -0.140. The van der Waals surface area contributed by atoms with Crippen LogP contribution in [0.15, 0.2) is 41.2 Å². The molecule has 1 saturated carbocycles. The van der Waals surface area contributed by atoms with E-state index in [0.717, 1.165) is 39.3 Å². The van der Waals surface area contributed by atoms with Gasteiger partial charge in [0.25, 0.3) is 0 Å². The number of hydrogen-bond donors (Lipinski definition) is 1. The number of H-pyrrole nitrogens is 1. The van der Waals surface area contributed by atoms with E-state index in [9.17, 15) is 9.59 Å². The Bertz CT molecular complexity index is 1060. The van der Waals surface area contributed by atoms with Crippen molar-refractivity contribution in [3.8, 4) is 16.9 Å². The van der Waals surface area contributed by atoms with Crippen LogP contribution in [0.3, 0.4) is 0 Å². The van der Waals surface area contributed by atoms with Gasteiger partial charge in [0.2, 0.25) is 0 Å². The molecule has 0 atom stereocenters. The molecule has 152 valence electrons. The summed E-state index contributed by atoms with van der Waals surface area (Å²) < 4.78 is 11.9. The Hall–Kier alpha value is -2.60. The first-order chi connectivity index (χ1) is 14.1. The number of fused-ring (bicyclic) bond motifs is 1. The largest absolute Gasteiger partial charge is 0.493 e. The van der Waals surface area contributed by atoms with Crippen molar-refractivity contribution in [1.82, 2.24) is 4.98 Å². The number of nitrogens with one attached hydrogen (secondary N) is 1. The molecule has 1 fully saturated rings. The maximum atomic E-state index is 11.7. The highest BCUT2D eigenvalue weighted by Crippen LogP contribution is 2.35. The molecule has 2 aromatic carbocycles. The standard InChI is InChI=1S/C23H25NO4S/c1-27-22(25)11-7-15-6-10-20(28-14-16-4-2-3-5-16)18(12-15)17-8-9-19-21(13-17)29-23(26)24-19/h6,8-10,12-13,16H,2-5,7,11,14H2,1H3,(H,24,26). The SMILES string of the molecule is COC(=O)CCc1ccc(OCC2CCCC2)c(-c2ccc3[nH]c(=O)sc3c2)c1. The predicted molar refractivity (Wildman–Crippen MR) is 116 cm³/mol. The van der Waals surface area contributed by atoms with Crippen LogP contribution in [0, 0.1) is 5.92 Å². The number of ether oxygens (including phenoxy) is 2. The second kappa shape index (κ2) is 8.82. The van der Waals surface area contributed by atoms with E-state index in [4.69, 9.17) is 9.47 Å². The Morgan fingerprint density at radius 1 is 1.17 bits per heavy atom. The van der Waals surface area contributed by atoms with Crippen LogP contribution in [0.5, 0.6) is 5.75 Å². The summed E-state index contributed by atoms with van der Waals surface area (Å²) in [6.45, 7) is 0.730. The normalized spacial score (nSPS) is 14.4. The van der Waals surface area contributed by atoms with Crippen molar-refractivity contribution >= 4 is 27.5 Å². The van der Waals surface area contributed by atoms with E-state index in [2.05, 4.69) is 11.1 Å². The van der Waals surface area contributed by atoms with Gasteiger partial charge in [0.15, 0.2) is 0 Å². The van der Waals surface area contributed by atoms with Gasteiger partial charge in [0, 0.05) is 12.0 Å². The highest BCUT2D eigenvalue weighted by Gasteiger charge is 2.17. The van der Waals surface area contributed by atoms with Gasteiger partial charge in [0.05, 0.1) is 23.9 Å². The minimum Gasteiger partial charge on any atom is -0.493 e. The second-order valence-electron chi connectivity index (χ2n) is 7.59. The van der Waals surface area contributed by atoms with Crippen molar-refractivity contribution in [3.63, 3.8) is 0 Å². The molecule has 29 heavy (non-hydrogen) atoms. The van der Waals surface area contributed by atoms with E-state index in [1.807, 2.05) is 30.3 Å². The van der Waals surface area contributed by atoms with Crippen LogP contribution < -0.4 is 9.61 Å². The van der Waals surface area contributed by atoms with Gasteiger partial charge < -0.3 is 14.5 Å². The van der Waals surface area contributed by atoms with Crippen LogP contribution >= 0.6 is 11.3 Å². The summed E-state index contributed by atoms with van der Waals surface area (Å²) in [5, 5.41) is 0. The van der Waals surface area contributed by atoms with Crippen LogP contribution in [-0.4, -0.2) is 24.7 Å². The second-order valence-corrected chi connectivity index (χ2v) is 8.61. The quantitative estimate of drug-likeness (QED) is 0.560. The Morgan fingerprint density at radius 3 is 2.79 bits per heavy atom. The number of hydrogen-bond acceptors (Lipinski definition) is 5. The number of rotatable bonds is 7. The summed E-state index contributed by atoms with van der Waals surface area (Å²) in [4.78, 5) is 26.0. The number of aromatic amines is 1. The number of benzene rings is 2. The molecule has 0 spiro atoms. The van der Waals surface area contributed by atoms with E-state index in [1.165, 1.54) is 44.1 Å². The van der Waals surface area contributed by atoms with Gasteiger partial charge >= 0.3 is 10.8 Å². The van der Waals surface area contributed by atoms with Gasteiger partial charge in [-0.25, -0.2) is 0 Å². The lowest BCUT2D eigenvalue weighted by Gasteiger charge is -2.16. The van der Waals surface area contributed by atoms with E-state index in [1.54, 1.807) is 0 Å². The summed E-state index contributed by atoms with van der Waals surface area (Å²) in [6, 6.07) is 12.1. The number of thiazole rings is 1. The molecule has 6 heteroatoms. The summed E-state index contributed by atoms with van der Waals surface area (Å²) >= 11 is 1.21. The molecular weight excluding hydrogens is 386 g/mol. The molecule has 5 nitrogen and oxygen atoms in total. The lowest BCUT2D eigenvalue weighted by Crippen LogP contribution is -2.09. The number of methoxy groups -OCH3 is 1. The third-order valence-electron chi connectivity index (χ3n) is 5.57. The number of carbonyl (C=O) groups excluding carboxylic acids is 1.